The van der Waals surface area contributed by atoms with Gasteiger partial charge in [-0.3, -0.25) is 0 Å². The Morgan fingerprint density at radius 1 is 0.324 bits per heavy atom. The van der Waals surface area contributed by atoms with Crippen molar-refractivity contribution < 1.29 is 8.83 Å². The molecule has 11 aromatic carbocycles. The number of fused-ring (bicyclic) bond motifs is 13. The molecule has 0 spiro atoms. The van der Waals surface area contributed by atoms with E-state index in [-0.39, 0.29) is 0 Å². The van der Waals surface area contributed by atoms with Crippen molar-refractivity contribution in [2.24, 2.45) is 0 Å². The van der Waals surface area contributed by atoms with Crippen LogP contribution >= 0.6 is 11.3 Å². The van der Waals surface area contributed by atoms with Crippen molar-refractivity contribution in [3.63, 3.8) is 0 Å². The predicted octanol–water partition coefficient (Wildman–Crippen LogP) is 19.4. The number of para-hydroxylation sites is 5. The molecule has 15 rings (SSSR count). The second-order valence-corrected chi connectivity index (χ2v) is 19.4. The summed E-state index contributed by atoms with van der Waals surface area (Å²) in [7, 11) is 0. The van der Waals surface area contributed by atoms with Gasteiger partial charge in [-0.2, -0.15) is 0 Å². The van der Waals surface area contributed by atoms with Crippen molar-refractivity contribution in [2.45, 2.75) is 0 Å². The quantitative estimate of drug-likeness (QED) is 0.160. The molecule has 0 N–H and O–H groups in total. The zero-order chi connectivity index (χ0) is 46.6. The van der Waals surface area contributed by atoms with Gasteiger partial charge in [-0.15, -0.1) is 11.3 Å². The SMILES string of the molecule is c1ccc(-n2c3ccccc3c3c4oc5c(-c6ccc(N(c7ccc(-c8cccc9c8oc8ccccc89)cc7)c7ccc(-c8cccc9c8sc8ccccc89)cc7)cc6)cccc5c4ccc32)cc1. The van der Waals surface area contributed by atoms with E-state index in [1.54, 1.807) is 0 Å². The second-order valence-electron chi connectivity index (χ2n) is 18.3. The van der Waals surface area contributed by atoms with E-state index < -0.39 is 0 Å². The van der Waals surface area contributed by atoms with Gasteiger partial charge in [0.25, 0.3) is 0 Å². The third-order valence-electron chi connectivity index (χ3n) is 14.4. The molecule has 0 atom stereocenters. The standard InChI is InChI=1S/C66H40N2O2S/c1-2-13-44(14-3-1)68-58-24-7-4-17-57(58)62-59(68)40-39-55-54-22-11-19-49(64(54)70-65(55)62)42-29-35-46(36-30-42)67(45-33-27-41(28-34-45)48-18-10-21-53-51-15-5-8-25-60(51)69-63(48)53)47-37-31-43(32-38-47)50-20-12-23-56-52-16-6-9-26-61(52)71-66(50)56/h1-40H. The van der Waals surface area contributed by atoms with Crippen molar-refractivity contribution in [1.82, 2.24) is 4.57 Å². The minimum atomic E-state index is 0.885. The van der Waals surface area contributed by atoms with Crippen LogP contribution in [-0.4, -0.2) is 4.57 Å². The van der Waals surface area contributed by atoms with E-state index in [0.29, 0.717) is 0 Å². The summed E-state index contributed by atoms with van der Waals surface area (Å²) in [6, 6.07) is 87.1. The van der Waals surface area contributed by atoms with Gasteiger partial charge in [0.05, 0.1) is 16.4 Å². The fraction of sp³-hybridized carbons (Fsp3) is 0. The molecule has 0 fully saturated rings. The summed E-state index contributed by atoms with van der Waals surface area (Å²) in [4.78, 5) is 2.35. The average Bonchev–Trinajstić information content (AvgIpc) is 4.21. The van der Waals surface area contributed by atoms with Gasteiger partial charge in [0.2, 0.25) is 0 Å². The maximum atomic E-state index is 7.08. The lowest BCUT2D eigenvalue weighted by molar-refractivity contribution is 0.670. The molecule has 0 radical (unpaired) electrons. The average molecular weight is 925 g/mol. The first-order chi connectivity index (χ1) is 35.2. The summed E-state index contributed by atoms with van der Waals surface area (Å²) in [6.45, 7) is 0. The fourth-order valence-corrected chi connectivity index (χ4v) is 12.4. The summed E-state index contributed by atoms with van der Waals surface area (Å²) in [5.74, 6) is 0. The van der Waals surface area contributed by atoms with Crippen LogP contribution in [0.15, 0.2) is 251 Å². The van der Waals surface area contributed by atoms with Crippen LogP contribution in [0.5, 0.6) is 0 Å². The lowest BCUT2D eigenvalue weighted by Gasteiger charge is -2.26. The van der Waals surface area contributed by atoms with E-state index in [1.807, 2.05) is 23.5 Å². The fourth-order valence-electron chi connectivity index (χ4n) is 11.2. The third-order valence-corrected chi connectivity index (χ3v) is 15.7. The van der Waals surface area contributed by atoms with E-state index in [9.17, 15) is 0 Å². The molecule has 4 nitrogen and oxygen atoms in total. The zero-order valence-electron chi connectivity index (χ0n) is 38.2. The first-order valence-electron chi connectivity index (χ1n) is 24.1. The second kappa shape index (κ2) is 15.7. The number of rotatable bonds is 7. The molecule has 0 saturated heterocycles. The number of anilines is 3. The summed E-state index contributed by atoms with van der Waals surface area (Å²) in [6.07, 6.45) is 0. The first kappa shape index (κ1) is 39.8. The summed E-state index contributed by atoms with van der Waals surface area (Å²) >= 11 is 1.87. The molecule has 0 unspecified atom stereocenters. The zero-order valence-corrected chi connectivity index (χ0v) is 39.0. The van der Waals surface area contributed by atoms with Gasteiger partial charge in [0.15, 0.2) is 0 Å². The molecule has 71 heavy (non-hydrogen) atoms. The number of benzene rings is 11. The van der Waals surface area contributed by atoms with Crippen LogP contribution in [0.25, 0.3) is 125 Å². The molecule has 0 amide bonds. The van der Waals surface area contributed by atoms with Crippen molar-refractivity contribution in [1.29, 1.82) is 0 Å². The highest BCUT2D eigenvalue weighted by molar-refractivity contribution is 7.26. The summed E-state index contributed by atoms with van der Waals surface area (Å²) < 4.78 is 18.5. The molecule has 15 aromatic rings. The molecule has 0 aliphatic heterocycles. The number of aromatic nitrogens is 1. The Bertz CT molecular complexity index is 4400. The van der Waals surface area contributed by atoms with Crippen molar-refractivity contribution >= 4 is 114 Å². The summed E-state index contributed by atoms with van der Waals surface area (Å²) in [5.41, 5.74) is 16.9. The number of nitrogens with zero attached hydrogens (tertiary/aromatic N) is 2. The van der Waals surface area contributed by atoms with Crippen LogP contribution < -0.4 is 4.90 Å². The Morgan fingerprint density at radius 3 is 1.52 bits per heavy atom. The van der Waals surface area contributed by atoms with Crippen LogP contribution in [0.2, 0.25) is 0 Å². The Hall–Kier alpha value is -9.16. The minimum Gasteiger partial charge on any atom is -0.455 e. The lowest BCUT2D eigenvalue weighted by Crippen LogP contribution is -2.09. The van der Waals surface area contributed by atoms with Gasteiger partial charge in [-0.05, 0) is 101 Å². The maximum absolute atomic E-state index is 7.08. The van der Waals surface area contributed by atoms with Gasteiger partial charge in [-0.25, -0.2) is 0 Å². The Morgan fingerprint density at radius 2 is 0.831 bits per heavy atom. The third kappa shape index (κ3) is 6.17. The van der Waals surface area contributed by atoms with Gasteiger partial charge >= 0.3 is 0 Å². The van der Waals surface area contributed by atoms with Gasteiger partial charge in [-0.1, -0.05) is 164 Å². The van der Waals surface area contributed by atoms with Crippen LogP contribution in [0.4, 0.5) is 17.1 Å². The van der Waals surface area contributed by atoms with Crippen LogP contribution in [0.3, 0.4) is 0 Å². The molecule has 332 valence electrons. The van der Waals surface area contributed by atoms with Crippen molar-refractivity contribution in [2.75, 3.05) is 4.90 Å². The van der Waals surface area contributed by atoms with E-state index >= 15 is 0 Å². The Kier molecular flexibility index (Phi) is 8.79. The number of thiophene rings is 1. The van der Waals surface area contributed by atoms with E-state index in [0.717, 1.165) is 105 Å². The lowest BCUT2D eigenvalue weighted by atomic mass is 10.00. The molecule has 0 aliphatic rings. The molecule has 4 aromatic heterocycles. The largest absolute Gasteiger partial charge is 0.455 e. The van der Waals surface area contributed by atoms with Gasteiger partial charge < -0.3 is 18.3 Å². The first-order valence-corrected chi connectivity index (χ1v) is 24.9. The van der Waals surface area contributed by atoms with E-state index in [4.69, 9.17) is 8.83 Å². The van der Waals surface area contributed by atoms with Crippen molar-refractivity contribution in [3.05, 3.63) is 243 Å². The highest BCUT2D eigenvalue weighted by Gasteiger charge is 2.22. The Labute approximate surface area is 412 Å². The van der Waals surface area contributed by atoms with E-state index in [2.05, 4.69) is 240 Å². The van der Waals surface area contributed by atoms with Crippen LogP contribution in [0.1, 0.15) is 0 Å². The minimum absolute atomic E-state index is 0.885. The van der Waals surface area contributed by atoms with Crippen LogP contribution in [-0.2, 0) is 0 Å². The number of furan rings is 2. The maximum Gasteiger partial charge on any atom is 0.145 e. The monoisotopic (exact) mass is 924 g/mol. The normalized spacial score (nSPS) is 11.9. The molecular weight excluding hydrogens is 885 g/mol. The van der Waals surface area contributed by atoms with Gasteiger partial charge in [0.1, 0.15) is 22.3 Å². The number of hydrogen-bond acceptors (Lipinski definition) is 4. The number of hydrogen-bond donors (Lipinski definition) is 0. The van der Waals surface area contributed by atoms with Crippen LogP contribution in [0, 0.1) is 0 Å². The summed E-state index contributed by atoms with van der Waals surface area (Å²) in [5, 5.41) is 9.37. The predicted molar refractivity (Wildman–Crippen MR) is 299 cm³/mol. The molecule has 5 heteroatoms. The molecule has 0 saturated carbocycles. The Balaban J connectivity index is 0.844. The molecule has 0 bridgehead atoms. The molecular formula is C66H40N2O2S. The smallest absolute Gasteiger partial charge is 0.145 e. The topological polar surface area (TPSA) is 34.5 Å². The highest BCUT2D eigenvalue weighted by atomic mass is 32.1. The highest BCUT2D eigenvalue weighted by Crippen LogP contribution is 2.46. The van der Waals surface area contributed by atoms with Crippen molar-refractivity contribution in [3.8, 4) is 39.1 Å². The molecule has 4 heterocycles. The van der Waals surface area contributed by atoms with E-state index in [1.165, 1.54) is 36.7 Å². The van der Waals surface area contributed by atoms with Gasteiger partial charge in [0, 0.05) is 81.0 Å². The molecule has 0 aliphatic carbocycles.